The van der Waals surface area contributed by atoms with Crippen molar-refractivity contribution < 1.29 is 9.72 Å². The van der Waals surface area contributed by atoms with Crippen molar-refractivity contribution in [2.75, 3.05) is 57.0 Å². The highest BCUT2D eigenvalue weighted by atomic mass is 16.6. The number of aromatic nitrogens is 2. The molecule has 184 valence electrons. The summed E-state index contributed by atoms with van der Waals surface area (Å²) in [6.45, 7) is 5.13. The highest BCUT2D eigenvalue weighted by molar-refractivity contribution is 6.14. The first-order valence-electron chi connectivity index (χ1n) is 12.1. The van der Waals surface area contributed by atoms with Crippen LogP contribution in [0.2, 0.25) is 0 Å². The van der Waals surface area contributed by atoms with E-state index in [0.717, 1.165) is 67.1 Å². The van der Waals surface area contributed by atoms with Gasteiger partial charge in [0.15, 0.2) is 0 Å². The van der Waals surface area contributed by atoms with Crippen LogP contribution in [-0.2, 0) is 11.3 Å². The fraction of sp³-hybridized carbons (Fsp3) is 0.440. The summed E-state index contributed by atoms with van der Waals surface area (Å²) in [5, 5.41) is 20.8. The zero-order valence-electron chi connectivity index (χ0n) is 20.2. The van der Waals surface area contributed by atoms with Gasteiger partial charge in [0.05, 0.1) is 33.7 Å². The summed E-state index contributed by atoms with van der Waals surface area (Å²) in [4.78, 5) is 29.3. The highest BCUT2D eigenvalue weighted by Crippen LogP contribution is 2.48. The summed E-state index contributed by atoms with van der Waals surface area (Å²) in [7, 11) is 3.95. The van der Waals surface area contributed by atoms with E-state index in [4.69, 9.17) is 5.10 Å². The minimum absolute atomic E-state index is 0.0293. The van der Waals surface area contributed by atoms with Crippen LogP contribution in [0.15, 0.2) is 30.3 Å². The van der Waals surface area contributed by atoms with E-state index < -0.39 is 0 Å². The number of benzene rings is 2. The van der Waals surface area contributed by atoms with Crippen molar-refractivity contribution in [2.45, 2.75) is 25.8 Å². The molecule has 35 heavy (non-hydrogen) atoms. The summed E-state index contributed by atoms with van der Waals surface area (Å²) in [6, 6.07) is 8.77. The molecule has 3 aromatic rings. The molecule has 0 bridgehead atoms. The van der Waals surface area contributed by atoms with Crippen LogP contribution in [-0.4, -0.2) is 77.7 Å². The summed E-state index contributed by atoms with van der Waals surface area (Å²) < 4.78 is 2.01. The second kappa shape index (κ2) is 9.63. The Morgan fingerprint density at radius 1 is 1.11 bits per heavy atom. The van der Waals surface area contributed by atoms with Crippen LogP contribution < -0.4 is 10.2 Å². The lowest BCUT2D eigenvalue weighted by Gasteiger charge is -2.26. The van der Waals surface area contributed by atoms with E-state index >= 15 is 0 Å². The van der Waals surface area contributed by atoms with Crippen molar-refractivity contribution in [1.82, 2.24) is 19.6 Å². The Labute approximate surface area is 204 Å². The van der Waals surface area contributed by atoms with Crippen LogP contribution in [0.5, 0.6) is 0 Å². The van der Waals surface area contributed by atoms with E-state index in [9.17, 15) is 14.9 Å². The Morgan fingerprint density at radius 2 is 1.91 bits per heavy atom. The van der Waals surface area contributed by atoms with Gasteiger partial charge in [-0.2, -0.15) is 5.10 Å². The lowest BCUT2D eigenvalue weighted by Crippen LogP contribution is -2.32. The standard InChI is InChI=1S/C25H31N7O3/c1-28(2)12-14-30(17-33)22-9-8-21-23-24(27-31(21)15-13-29-10-4-3-5-11-29)19-16-18(32(34)35)6-7-20(19)26-25(22)23/h6-9,16-17,26H,3-5,10-15H2,1-2H3. The largest absolute Gasteiger partial charge is 0.353 e. The summed E-state index contributed by atoms with van der Waals surface area (Å²) in [5.41, 5.74) is 4.74. The average molecular weight is 478 g/mol. The van der Waals surface area contributed by atoms with E-state index in [1.165, 1.54) is 25.3 Å². The van der Waals surface area contributed by atoms with E-state index in [2.05, 4.69) is 10.2 Å². The van der Waals surface area contributed by atoms with Crippen LogP contribution in [0, 0.1) is 10.1 Å². The van der Waals surface area contributed by atoms with Crippen molar-refractivity contribution in [2.24, 2.45) is 0 Å². The molecule has 2 aliphatic heterocycles. The molecule has 2 aliphatic rings. The molecular formula is C25H31N7O3. The van der Waals surface area contributed by atoms with Gasteiger partial charge in [-0.05, 0) is 58.2 Å². The normalized spacial score (nSPS) is 15.2. The van der Waals surface area contributed by atoms with Gasteiger partial charge >= 0.3 is 0 Å². The molecule has 1 aromatic heterocycles. The van der Waals surface area contributed by atoms with Crippen LogP contribution in [0.3, 0.4) is 0 Å². The number of likely N-dealkylation sites (N-methyl/N-ethyl adjacent to an activating group) is 1. The number of carbonyl (C=O) groups excluding carboxylic acids is 1. The van der Waals surface area contributed by atoms with Crippen LogP contribution in [0.25, 0.3) is 22.2 Å². The first kappa shape index (κ1) is 23.3. The Kier molecular flexibility index (Phi) is 6.40. The molecule has 0 unspecified atom stereocenters. The van der Waals surface area contributed by atoms with E-state index in [-0.39, 0.29) is 10.6 Å². The highest BCUT2D eigenvalue weighted by Gasteiger charge is 2.28. The lowest BCUT2D eigenvalue weighted by atomic mass is 9.98. The molecule has 3 heterocycles. The zero-order valence-corrected chi connectivity index (χ0v) is 20.2. The number of piperidine rings is 1. The number of nitro groups is 1. The quantitative estimate of drug-likeness (QED) is 0.223. The number of hydrogen-bond donors (Lipinski definition) is 1. The van der Waals surface area contributed by atoms with Gasteiger partial charge in [0.25, 0.3) is 5.69 Å². The Hall–Kier alpha value is -3.50. The zero-order chi connectivity index (χ0) is 24.5. The molecule has 0 atom stereocenters. The van der Waals surface area contributed by atoms with Crippen LogP contribution >= 0.6 is 0 Å². The smallest absolute Gasteiger partial charge is 0.270 e. The number of carbonyl (C=O) groups is 1. The molecule has 0 aliphatic carbocycles. The molecule has 10 heteroatoms. The van der Waals surface area contributed by atoms with Crippen molar-refractivity contribution in [3.63, 3.8) is 0 Å². The van der Waals surface area contributed by atoms with Crippen molar-refractivity contribution in [3.8, 4) is 11.3 Å². The Morgan fingerprint density at radius 3 is 2.63 bits per heavy atom. The fourth-order valence-electron chi connectivity index (χ4n) is 5.03. The molecule has 5 rings (SSSR count). The number of amides is 1. The first-order valence-corrected chi connectivity index (χ1v) is 12.1. The molecule has 1 N–H and O–H groups in total. The average Bonchev–Trinajstić information content (AvgIpc) is 3.24. The number of hydrogen-bond acceptors (Lipinski definition) is 7. The number of rotatable bonds is 9. The number of nitro benzene ring substituents is 1. The van der Waals surface area contributed by atoms with Gasteiger partial charge in [0.1, 0.15) is 5.69 Å². The number of non-ortho nitro benzene ring substituents is 1. The van der Waals surface area contributed by atoms with Crippen molar-refractivity contribution in [1.29, 1.82) is 0 Å². The Balaban J connectivity index is 1.60. The van der Waals surface area contributed by atoms with Gasteiger partial charge in [-0.15, -0.1) is 0 Å². The van der Waals surface area contributed by atoms with Crippen LogP contribution in [0.4, 0.5) is 22.7 Å². The van der Waals surface area contributed by atoms with Gasteiger partial charge in [-0.3, -0.25) is 19.6 Å². The minimum Gasteiger partial charge on any atom is -0.353 e. The number of likely N-dealkylation sites (tertiary alicyclic amines) is 1. The van der Waals surface area contributed by atoms with Gasteiger partial charge < -0.3 is 20.0 Å². The second-order valence-corrected chi connectivity index (χ2v) is 9.54. The van der Waals surface area contributed by atoms with Gasteiger partial charge in [-0.1, -0.05) is 6.42 Å². The third-order valence-electron chi connectivity index (χ3n) is 6.93. The fourth-order valence-corrected chi connectivity index (χ4v) is 5.03. The van der Waals surface area contributed by atoms with Crippen molar-refractivity contribution >= 4 is 40.1 Å². The molecule has 0 spiro atoms. The monoisotopic (exact) mass is 477 g/mol. The first-order chi connectivity index (χ1) is 17.0. The lowest BCUT2D eigenvalue weighted by molar-refractivity contribution is -0.384. The molecule has 2 aromatic carbocycles. The minimum atomic E-state index is -0.383. The third-order valence-corrected chi connectivity index (χ3v) is 6.93. The Bertz CT molecular complexity index is 1260. The summed E-state index contributed by atoms with van der Waals surface area (Å²) >= 11 is 0. The predicted molar refractivity (Wildman–Crippen MR) is 137 cm³/mol. The maximum atomic E-state index is 12.1. The van der Waals surface area contributed by atoms with E-state index in [1.807, 2.05) is 35.8 Å². The molecule has 0 radical (unpaired) electrons. The second-order valence-electron chi connectivity index (χ2n) is 9.54. The van der Waals surface area contributed by atoms with Gasteiger partial charge in [-0.25, -0.2) is 0 Å². The summed E-state index contributed by atoms with van der Waals surface area (Å²) in [5.74, 6) is 0. The number of anilines is 3. The molecular weight excluding hydrogens is 446 g/mol. The maximum Gasteiger partial charge on any atom is 0.270 e. The van der Waals surface area contributed by atoms with Gasteiger partial charge in [0.2, 0.25) is 6.41 Å². The third kappa shape index (κ3) is 4.46. The number of fused-ring (bicyclic) bond motifs is 2. The SMILES string of the molecule is CN(C)CCN(C=O)c1ccc2c3c(nn2CCN2CCCCC2)-c2cc([N+](=O)[O-])ccc2Nc13. The van der Waals surface area contributed by atoms with Crippen molar-refractivity contribution in [3.05, 3.63) is 40.4 Å². The number of nitrogens with zero attached hydrogens (tertiary/aromatic N) is 6. The molecule has 1 amide bonds. The molecule has 10 nitrogen and oxygen atoms in total. The molecule has 1 saturated heterocycles. The maximum absolute atomic E-state index is 12.1. The van der Waals surface area contributed by atoms with Crippen LogP contribution in [0.1, 0.15) is 19.3 Å². The molecule has 0 saturated carbocycles. The van der Waals surface area contributed by atoms with E-state index in [0.29, 0.717) is 17.8 Å². The predicted octanol–water partition coefficient (Wildman–Crippen LogP) is 3.68. The topological polar surface area (TPSA) is 99.8 Å². The molecule has 1 fully saturated rings. The number of nitrogens with one attached hydrogen (secondary N) is 1. The van der Waals surface area contributed by atoms with E-state index in [1.54, 1.807) is 17.0 Å². The summed E-state index contributed by atoms with van der Waals surface area (Å²) in [6.07, 6.45) is 4.61. The van der Waals surface area contributed by atoms with Gasteiger partial charge in [0, 0.05) is 43.0 Å².